The molecule has 33 heavy (non-hydrogen) atoms. The maximum absolute atomic E-state index is 8.58. The van der Waals surface area contributed by atoms with Gasteiger partial charge in [0.25, 0.3) is 0 Å². The van der Waals surface area contributed by atoms with Gasteiger partial charge in [-0.2, -0.15) is 0 Å². The highest BCUT2D eigenvalue weighted by molar-refractivity contribution is 6.18. The van der Waals surface area contributed by atoms with Gasteiger partial charge in [0.15, 0.2) is 6.20 Å². The molecule has 6 rings (SSSR count). The van der Waals surface area contributed by atoms with Gasteiger partial charge in [0.1, 0.15) is 18.2 Å². The van der Waals surface area contributed by atoms with Crippen molar-refractivity contribution in [1.29, 1.82) is 0 Å². The van der Waals surface area contributed by atoms with Gasteiger partial charge in [-0.25, -0.2) is 4.57 Å². The number of aryl methyl sites for hydroxylation is 2. The van der Waals surface area contributed by atoms with Crippen molar-refractivity contribution < 1.29 is 18.6 Å². The van der Waals surface area contributed by atoms with Crippen LogP contribution in [0.5, 0.6) is 0 Å². The Morgan fingerprint density at radius 3 is 2.58 bits per heavy atom. The molecule has 0 radical (unpaired) electrons. The average Bonchev–Trinajstić information content (AvgIpc) is 3.26. The zero-order valence-corrected chi connectivity index (χ0v) is 18.8. The molecule has 0 amide bonds. The second-order valence-corrected chi connectivity index (χ2v) is 8.77. The third-order valence-corrected chi connectivity index (χ3v) is 6.72. The summed E-state index contributed by atoms with van der Waals surface area (Å²) in [6.45, 7) is -1.64. The molecule has 0 N–H and O–H groups in total. The Morgan fingerprint density at radius 1 is 0.879 bits per heavy atom. The Morgan fingerprint density at radius 2 is 1.73 bits per heavy atom. The van der Waals surface area contributed by atoms with Gasteiger partial charge in [-0.1, -0.05) is 56.2 Å². The number of rotatable bonds is 2. The van der Waals surface area contributed by atoms with E-state index < -0.39 is 19.6 Å². The number of aromatic nitrogens is 1. The predicted octanol–water partition coefficient (Wildman–Crippen LogP) is 8.12. The summed E-state index contributed by atoms with van der Waals surface area (Å²) in [4.78, 5) is 0. The Balaban J connectivity index is 1.75. The number of hydrogen-bond acceptors (Lipinski definition) is 1. The molecular formula is C31H28NO+. The first-order valence-electron chi connectivity index (χ1n) is 14.5. The largest absolute Gasteiger partial charge is 0.454 e. The minimum atomic E-state index is -2.50. The molecule has 0 spiro atoms. The Hall–Kier alpha value is -3.65. The van der Waals surface area contributed by atoms with Crippen LogP contribution in [0, 0.1) is 13.8 Å². The van der Waals surface area contributed by atoms with Crippen LogP contribution in [-0.4, -0.2) is 0 Å². The average molecular weight is 438 g/mol. The number of benzene rings is 4. The van der Waals surface area contributed by atoms with Gasteiger partial charge in [-0.05, 0) is 65.3 Å². The molecule has 0 saturated heterocycles. The van der Waals surface area contributed by atoms with Crippen LogP contribution in [0.25, 0.3) is 54.7 Å². The number of furan rings is 1. The van der Waals surface area contributed by atoms with E-state index in [4.69, 9.17) is 14.0 Å². The summed E-state index contributed by atoms with van der Waals surface area (Å²) in [6.07, 6.45) is 1.86. The molecule has 2 nitrogen and oxygen atoms in total. The topological polar surface area (TPSA) is 17.0 Å². The van der Waals surface area contributed by atoms with Gasteiger partial charge in [0.05, 0.1) is 10.9 Å². The minimum absolute atomic E-state index is 0.251. The number of nitrogens with zero attached hydrogens (tertiary/aromatic N) is 1. The molecule has 1 unspecified atom stereocenters. The van der Waals surface area contributed by atoms with Crippen molar-refractivity contribution in [2.45, 2.75) is 33.4 Å². The van der Waals surface area contributed by atoms with Gasteiger partial charge in [0.2, 0.25) is 5.69 Å². The highest BCUT2D eigenvalue weighted by Crippen LogP contribution is 2.42. The third-order valence-electron chi connectivity index (χ3n) is 6.72. The molecule has 0 aliphatic heterocycles. The molecule has 0 saturated carbocycles. The summed E-state index contributed by atoms with van der Waals surface area (Å²) in [7, 11) is 1.89. The first kappa shape index (κ1) is 13.8. The monoisotopic (exact) mass is 437 g/mol. The molecule has 1 atom stereocenters. The Kier molecular flexibility index (Phi) is 3.00. The molecule has 0 aliphatic rings. The molecule has 0 aliphatic carbocycles. The van der Waals surface area contributed by atoms with E-state index in [0.29, 0.717) is 27.9 Å². The highest BCUT2D eigenvalue weighted by Gasteiger charge is 2.25. The molecule has 2 heteroatoms. The summed E-state index contributed by atoms with van der Waals surface area (Å²) in [5, 5.41) is 5.09. The molecule has 6 aromatic rings. The van der Waals surface area contributed by atoms with Gasteiger partial charge >= 0.3 is 0 Å². The lowest BCUT2D eigenvalue weighted by molar-refractivity contribution is -0.659. The van der Waals surface area contributed by atoms with E-state index in [1.54, 1.807) is 18.2 Å². The zero-order valence-electron chi connectivity index (χ0n) is 25.8. The summed E-state index contributed by atoms with van der Waals surface area (Å²) in [6, 6.07) is 20.8. The van der Waals surface area contributed by atoms with E-state index >= 15 is 0 Å². The summed E-state index contributed by atoms with van der Waals surface area (Å²) in [5.74, 6) is -1.79. The van der Waals surface area contributed by atoms with Crippen molar-refractivity contribution in [3.63, 3.8) is 0 Å². The smallest absolute Gasteiger partial charge is 0.224 e. The molecule has 0 fully saturated rings. The van der Waals surface area contributed by atoms with Crippen molar-refractivity contribution in [2.24, 2.45) is 7.05 Å². The normalized spacial score (nSPS) is 17.7. The number of hydrogen-bond donors (Lipinski definition) is 0. The zero-order chi connectivity index (χ0) is 28.8. The maximum Gasteiger partial charge on any atom is 0.224 e. The van der Waals surface area contributed by atoms with Crippen molar-refractivity contribution in [2.75, 3.05) is 0 Å². The SMILES string of the molecule is [2H]C([2H])([2H])c1cc2c(oc3c4ccccc4ccc23)c(-c2c3ccc(C([2H])(C)C([2H])([2H])[2H])cc3cc[n+]2C)c1C. The fourth-order valence-electron chi connectivity index (χ4n) is 4.93. The van der Waals surface area contributed by atoms with Crippen LogP contribution in [-0.2, 0) is 7.05 Å². The second-order valence-electron chi connectivity index (χ2n) is 8.77. The number of fused-ring (bicyclic) bond motifs is 6. The van der Waals surface area contributed by atoms with Gasteiger partial charge in [0, 0.05) is 31.8 Å². The van der Waals surface area contributed by atoms with E-state index in [1.165, 1.54) is 6.92 Å². The van der Waals surface area contributed by atoms with Crippen molar-refractivity contribution in [3.05, 3.63) is 89.6 Å². The van der Waals surface area contributed by atoms with Gasteiger partial charge < -0.3 is 4.42 Å². The van der Waals surface area contributed by atoms with Crippen LogP contribution < -0.4 is 4.57 Å². The Bertz CT molecular complexity index is 1980. The first-order chi connectivity index (χ1) is 18.7. The first-order valence-corrected chi connectivity index (χ1v) is 11.0. The van der Waals surface area contributed by atoms with Crippen LogP contribution in [0.3, 0.4) is 0 Å². The van der Waals surface area contributed by atoms with Crippen LogP contribution in [0.2, 0.25) is 0 Å². The number of pyridine rings is 1. The molecule has 2 heterocycles. The van der Waals surface area contributed by atoms with Crippen molar-refractivity contribution >= 4 is 43.5 Å². The van der Waals surface area contributed by atoms with E-state index in [2.05, 4.69) is 0 Å². The molecule has 4 aromatic carbocycles. The predicted molar refractivity (Wildman–Crippen MR) is 139 cm³/mol. The lowest BCUT2D eigenvalue weighted by Crippen LogP contribution is -2.31. The van der Waals surface area contributed by atoms with E-state index in [0.717, 1.165) is 38.0 Å². The van der Waals surface area contributed by atoms with E-state index in [1.807, 2.05) is 73.3 Å². The van der Waals surface area contributed by atoms with Crippen LogP contribution >= 0.6 is 0 Å². The fourth-order valence-corrected chi connectivity index (χ4v) is 4.93. The Labute approximate surface area is 203 Å². The maximum atomic E-state index is 8.58. The minimum Gasteiger partial charge on any atom is -0.454 e. The quantitative estimate of drug-likeness (QED) is 0.250. The van der Waals surface area contributed by atoms with Crippen LogP contribution in [0.1, 0.15) is 46.0 Å². The summed E-state index contributed by atoms with van der Waals surface area (Å²) in [5.41, 5.74) is 3.95. The van der Waals surface area contributed by atoms with E-state index in [9.17, 15) is 0 Å². The fraction of sp³-hybridized carbons (Fsp3) is 0.194. The van der Waals surface area contributed by atoms with Gasteiger partial charge in [-0.15, -0.1) is 0 Å². The lowest BCUT2D eigenvalue weighted by Gasteiger charge is -2.12. The summed E-state index contributed by atoms with van der Waals surface area (Å²) >= 11 is 0. The highest BCUT2D eigenvalue weighted by atomic mass is 16.3. The molecule has 2 aromatic heterocycles. The van der Waals surface area contributed by atoms with Gasteiger partial charge in [-0.3, -0.25) is 0 Å². The van der Waals surface area contributed by atoms with E-state index in [-0.39, 0.29) is 5.56 Å². The standard InChI is InChI=1S/C31H28NO/c1-18(2)22-11-12-24-23(17-22)14-15-32(5)29(24)28-20(4)19(3)16-27-26-13-10-21-8-6-7-9-25(21)30(26)33-31(27)28/h6-18H,1-5H3/q+1/i1D3,3D3,18D. The molecular weight excluding hydrogens is 402 g/mol. The third kappa shape index (κ3) is 2.90. The van der Waals surface area contributed by atoms with Crippen LogP contribution in [0.15, 0.2) is 77.3 Å². The second kappa shape index (κ2) is 7.18. The van der Waals surface area contributed by atoms with Crippen molar-refractivity contribution in [3.8, 4) is 11.3 Å². The molecule has 162 valence electrons. The molecule has 0 bridgehead atoms. The lowest BCUT2D eigenvalue weighted by atomic mass is 9.92. The van der Waals surface area contributed by atoms with Crippen LogP contribution in [0.4, 0.5) is 0 Å². The summed E-state index contributed by atoms with van der Waals surface area (Å²) < 4.78 is 65.8. The van der Waals surface area contributed by atoms with Crippen molar-refractivity contribution in [1.82, 2.24) is 0 Å².